The van der Waals surface area contributed by atoms with Gasteiger partial charge in [0.25, 0.3) is 10.0 Å². The lowest BCUT2D eigenvalue weighted by Crippen LogP contribution is -2.30. The van der Waals surface area contributed by atoms with Gasteiger partial charge in [-0.25, -0.2) is 12.8 Å². The number of rotatable bonds is 5. The van der Waals surface area contributed by atoms with Gasteiger partial charge >= 0.3 is 5.97 Å². The number of carboxylic acid groups (broad SMARTS) is 1. The first-order valence-corrected chi connectivity index (χ1v) is 8.92. The van der Waals surface area contributed by atoms with Crippen molar-refractivity contribution in [1.29, 1.82) is 0 Å². The second kappa shape index (κ2) is 6.24. The molecular weight excluding hydrogens is 333 g/mol. The van der Waals surface area contributed by atoms with E-state index >= 15 is 0 Å². The van der Waals surface area contributed by atoms with Crippen molar-refractivity contribution in [3.8, 4) is 0 Å². The average Bonchev–Trinajstić information content (AvgIpc) is 2.92. The molecule has 1 unspecified atom stereocenters. The van der Waals surface area contributed by atoms with E-state index < -0.39 is 21.8 Å². The Bertz CT molecular complexity index is 867. The summed E-state index contributed by atoms with van der Waals surface area (Å²) in [5.74, 6) is -1.77. The lowest BCUT2D eigenvalue weighted by molar-refractivity contribution is -0.137. The van der Waals surface area contributed by atoms with Gasteiger partial charge in [-0.15, -0.1) is 0 Å². The highest BCUT2D eigenvalue weighted by atomic mass is 32.2. The van der Waals surface area contributed by atoms with Crippen molar-refractivity contribution in [3.05, 3.63) is 59.9 Å². The van der Waals surface area contributed by atoms with Crippen LogP contribution in [0.25, 0.3) is 0 Å². The summed E-state index contributed by atoms with van der Waals surface area (Å²) in [4.78, 5) is 11.0. The van der Waals surface area contributed by atoms with Gasteiger partial charge in [0.15, 0.2) is 0 Å². The zero-order valence-corrected chi connectivity index (χ0v) is 13.5. The molecule has 0 saturated heterocycles. The summed E-state index contributed by atoms with van der Waals surface area (Å²) in [6.45, 7) is 0.114. The Morgan fingerprint density at radius 3 is 2.58 bits per heavy atom. The average molecular weight is 349 g/mol. The molecule has 1 aliphatic rings. The number of fused-ring (bicyclic) bond motifs is 1. The van der Waals surface area contributed by atoms with Crippen molar-refractivity contribution in [3.63, 3.8) is 0 Å². The molecule has 126 valence electrons. The fraction of sp³-hybridized carbons (Fsp3) is 0.235. The molecule has 0 radical (unpaired) electrons. The van der Waals surface area contributed by atoms with Crippen LogP contribution in [0.1, 0.15) is 24.3 Å². The number of hydrogen-bond acceptors (Lipinski definition) is 3. The normalized spacial score (nSPS) is 16.9. The Kier molecular flexibility index (Phi) is 4.28. The minimum atomic E-state index is -3.77. The minimum Gasteiger partial charge on any atom is -0.481 e. The van der Waals surface area contributed by atoms with Crippen LogP contribution in [-0.4, -0.2) is 26.0 Å². The summed E-state index contributed by atoms with van der Waals surface area (Å²) in [6, 6.07) is 11.9. The van der Waals surface area contributed by atoms with Gasteiger partial charge in [-0.3, -0.25) is 9.10 Å². The molecule has 0 bridgehead atoms. The van der Waals surface area contributed by atoms with Crippen LogP contribution in [0.15, 0.2) is 53.4 Å². The molecule has 0 spiro atoms. The highest BCUT2D eigenvalue weighted by molar-refractivity contribution is 7.92. The maximum Gasteiger partial charge on any atom is 0.303 e. The lowest BCUT2D eigenvalue weighted by atomic mass is 9.96. The first kappa shape index (κ1) is 16.4. The molecule has 2 aromatic carbocycles. The molecule has 3 rings (SSSR count). The zero-order valence-electron chi connectivity index (χ0n) is 12.7. The molecule has 0 amide bonds. The molecule has 24 heavy (non-hydrogen) atoms. The molecule has 0 aromatic heterocycles. The monoisotopic (exact) mass is 349 g/mol. The molecule has 1 N–H and O–H groups in total. The molecule has 0 fully saturated rings. The van der Waals surface area contributed by atoms with E-state index in [9.17, 15) is 17.6 Å². The van der Waals surface area contributed by atoms with E-state index in [1.165, 1.54) is 34.6 Å². The lowest BCUT2D eigenvalue weighted by Gasteiger charge is -2.20. The fourth-order valence-corrected chi connectivity index (χ4v) is 4.53. The highest BCUT2D eigenvalue weighted by Gasteiger charge is 2.36. The molecule has 2 aromatic rings. The van der Waals surface area contributed by atoms with Crippen LogP contribution >= 0.6 is 0 Å². The number of benzene rings is 2. The fourth-order valence-electron chi connectivity index (χ4n) is 2.97. The van der Waals surface area contributed by atoms with Crippen molar-refractivity contribution < 1.29 is 22.7 Å². The number of carboxylic acids is 1. The third-order valence-electron chi connectivity index (χ3n) is 4.12. The molecule has 0 saturated carbocycles. The predicted octanol–water partition coefficient (Wildman–Crippen LogP) is 2.98. The number of sulfonamides is 1. The van der Waals surface area contributed by atoms with Crippen LogP contribution < -0.4 is 4.31 Å². The minimum absolute atomic E-state index is 0.0974. The molecule has 0 aliphatic carbocycles. The second-order valence-corrected chi connectivity index (χ2v) is 7.54. The summed E-state index contributed by atoms with van der Waals surface area (Å²) in [6.07, 6.45) is 0.159. The summed E-state index contributed by atoms with van der Waals surface area (Å²) < 4.78 is 40.6. The SMILES string of the molecule is O=C(O)CCC1CN(S(=O)(=O)c2ccccc2)c2ccc(F)cc21. The van der Waals surface area contributed by atoms with Gasteiger partial charge < -0.3 is 5.11 Å². The van der Waals surface area contributed by atoms with E-state index in [1.807, 2.05) is 0 Å². The third kappa shape index (κ3) is 2.99. The number of aliphatic carboxylic acids is 1. The van der Waals surface area contributed by atoms with E-state index in [-0.39, 0.29) is 30.2 Å². The van der Waals surface area contributed by atoms with Gasteiger partial charge in [-0.2, -0.15) is 0 Å². The predicted molar refractivity (Wildman–Crippen MR) is 87.0 cm³/mol. The number of halogens is 1. The first-order valence-electron chi connectivity index (χ1n) is 7.48. The largest absolute Gasteiger partial charge is 0.481 e. The van der Waals surface area contributed by atoms with Gasteiger partial charge in [0.2, 0.25) is 0 Å². The third-order valence-corrected chi connectivity index (χ3v) is 5.92. The van der Waals surface area contributed by atoms with E-state index in [1.54, 1.807) is 18.2 Å². The summed E-state index contributed by atoms with van der Waals surface area (Å²) in [5.41, 5.74) is 0.950. The van der Waals surface area contributed by atoms with Crippen molar-refractivity contribution in [2.45, 2.75) is 23.7 Å². The summed E-state index contributed by atoms with van der Waals surface area (Å²) in [5, 5.41) is 8.87. The van der Waals surface area contributed by atoms with Crippen molar-refractivity contribution >= 4 is 21.7 Å². The topological polar surface area (TPSA) is 74.7 Å². The van der Waals surface area contributed by atoms with Crippen molar-refractivity contribution in [2.24, 2.45) is 0 Å². The molecule has 1 heterocycles. The Balaban J connectivity index is 2.01. The Hall–Kier alpha value is -2.41. The Morgan fingerprint density at radius 1 is 1.21 bits per heavy atom. The summed E-state index contributed by atoms with van der Waals surface area (Å²) >= 11 is 0. The van der Waals surface area contributed by atoms with Gasteiger partial charge in [0.1, 0.15) is 5.82 Å². The van der Waals surface area contributed by atoms with Gasteiger partial charge in [-0.05, 0) is 42.3 Å². The second-order valence-electron chi connectivity index (χ2n) is 5.68. The van der Waals surface area contributed by atoms with E-state index in [4.69, 9.17) is 5.11 Å². The highest BCUT2D eigenvalue weighted by Crippen LogP contribution is 2.41. The summed E-state index contributed by atoms with van der Waals surface area (Å²) in [7, 11) is -3.77. The van der Waals surface area contributed by atoms with Crippen LogP contribution in [-0.2, 0) is 14.8 Å². The molecular formula is C17H16FNO4S. The van der Waals surface area contributed by atoms with Crippen molar-refractivity contribution in [2.75, 3.05) is 10.8 Å². The number of nitrogens with zero attached hydrogens (tertiary/aromatic N) is 1. The molecule has 1 atom stereocenters. The van der Waals surface area contributed by atoms with E-state index in [0.29, 0.717) is 11.3 Å². The van der Waals surface area contributed by atoms with Crippen LogP contribution in [0.5, 0.6) is 0 Å². The van der Waals surface area contributed by atoms with Crippen LogP contribution in [0, 0.1) is 5.82 Å². The molecule has 5 nitrogen and oxygen atoms in total. The smallest absolute Gasteiger partial charge is 0.303 e. The number of carbonyl (C=O) groups is 1. The van der Waals surface area contributed by atoms with Gasteiger partial charge in [-0.1, -0.05) is 18.2 Å². The van der Waals surface area contributed by atoms with Crippen LogP contribution in [0.2, 0.25) is 0 Å². The number of hydrogen-bond donors (Lipinski definition) is 1. The number of anilines is 1. The first-order chi connectivity index (χ1) is 11.4. The standard InChI is InChI=1S/C17H16FNO4S/c18-13-7-8-16-15(10-13)12(6-9-17(20)21)11-19(16)24(22,23)14-4-2-1-3-5-14/h1-5,7-8,10,12H,6,9,11H2,(H,20,21). The Morgan fingerprint density at radius 2 is 1.92 bits per heavy atom. The van der Waals surface area contributed by atoms with Crippen LogP contribution in [0.3, 0.4) is 0 Å². The maximum atomic E-state index is 13.6. The zero-order chi connectivity index (χ0) is 17.3. The van der Waals surface area contributed by atoms with Crippen LogP contribution in [0.4, 0.5) is 10.1 Å². The quantitative estimate of drug-likeness (QED) is 0.900. The molecule has 1 aliphatic heterocycles. The van der Waals surface area contributed by atoms with Gasteiger partial charge in [0, 0.05) is 18.9 Å². The van der Waals surface area contributed by atoms with Crippen molar-refractivity contribution in [1.82, 2.24) is 0 Å². The maximum absolute atomic E-state index is 13.6. The van der Waals surface area contributed by atoms with Gasteiger partial charge in [0.05, 0.1) is 10.6 Å². The molecule has 7 heteroatoms. The van der Waals surface area contributed by atoms with E-state index in [0.717, 1.165) is 0 Å². The van der Waals surface area contributed by atoms with E-state index in [2.05, 4.69) is 0 Å². The Labute approximate surface area is 139 Å².